The first-order chi connectivity index (χ1) is 12.8. The van der Waals surface area contributed by atoms with Crippen molar-refractivity contribution in [2.45, 2.75) is 39.0 Å². The molecule has 0 fully saturated rings. The molecule has 0 saturated heterocycles. The highest BCUT2D eigenvalue weighted by molar-refractivity contribution is 5.86. The van der Waals surface area contributed by atoms with Gasteiger partial charge in [0.05, 0.1) is 7.11 Å². The molecule has 6 heteroatoms. The fourth-order valence-electron chi connectivity index (χ4n) is 2.41. The van der Waals surface area contributed by atoms with Crippen molar-refractivity contribution in [2.75, 3.05) is 7.11 Å². The second kappa shape index (κ2) is 9.07. The first-order valence-electron chi connectivity index (χ1n) is 8.73. The quantitative estimate of drug-likeness (QED) is 0.815. The summed E-state index contributed by atoms with van der Waals surface area (Å²) in [6.07, 6.45) is -0.643. The van der Waals surface area contributed by atoms with Gasteiger partial charge in [-0.2, -0.15) is 0 Å². The Morgan fingerprint density at radius 3 is 2.19 bits per heavy atom. The lowest BCUT2D eigenvalue weighted by Crippen LogP contribution is -2.42. The molecule has 1 unspecified atom stereocenters. The molecule has 27 heavy (non-hydrogen) atoms. The molecular formula is C21H26N2O4. The minimum atomic E-state index is -0.848. The van der Waals surface area contributed by atoms with E-state index < -0.39 is 17.7 Å². The monoisotopic (exact) mass is 370 g/mol. The SMILES string of the molecule is COc1ccc(CNC(=O)C(NC(=O)OC(C)(C)C)c2ccccc2)cc1. The number of ether oxygens (including phenoxy) is 2. The fraction of sp³-hybridized carbons (Fsp3) is 0.333. The minimum Gasteiger partial charge on any atom is -0.497 e. The Bertz CT molecular complexity index is 752. The number of nitrogens with one attached hydrogen (secondary N) is 2. The van der Waals surface area contributed by atoms with Crippen LogP contribution in [0.2, 0.25) is 0 Å². The number of methoxy groups -OCH3 is 1. The summed E-state index contributed by atoms with van der Waals surface area (Å²) < 4.78 is 10.4. The number of rotatable bonds is 6. The molecule has 2 rings (SSSR count). The van der Waals surface area contributed by atoms with Gasteiger partial charge in [0, 0.05) is 6.54 Å². The predicted octanol–water partition coefficient (Wildman–Crippen LogP) is 3.58. The van der Waals surface area contributed by atoms with Crippen molar-refractivity contribution in [3.8, 4) is 5.75 Å². The zero-order chi connectivity index (χ0) is 19.9. The van der Waals surface area contributed by atoms with E-state index in [1.54, 1.807) is 40.0 Å². The average Bonchev–Trinajstić information content (AvgIpc) is 2.64. The number of carbonyl (C=O) groups is 2. The van der Waals surface area contributed by atoms with Gasteiger partial charge in [-0.25, -0.2) is 4.79 Å². The molecule has 0 spiro atoms. The topological polar surface area (TPSA) is 76.7 Å². The van der Waals surface area contributed by atoms with Crippen LogP contribution >= 0.6 is 0 Å². The highest BCUT2D eigenvalue weighted by atomic mass is 16.6. The van der Waals surface area contributed by atoms with Gasteiger partial charge in [0.15, 0.2) is 0 Å². The van der Waals surface area contributed by atoms with Crippen LogP contribution in [0.4, 0.5) is 4.79 Å². The van der Waals surface area contributed by atoms with Crippen LogP contribution in [0.5, 0.6) is 5.75 Å². The van der Waals surface area contributed by atoms with Gasteiger partial charge in [0.2, 0.25) is 5.91 Å². The Balaban J connectivity index is 2.07. The van der Waals surface area contributed by atoms with Gasteiger partial charge in [0.25, 0.3) is 0 Å². The fourth-order valence-corrected chi connectivity index (χ4v) is 2.41. The van der Waals surface area contributed by atoms with Gasteiger partial charge in [-0.15, -0.1) is 0 Å². The van der Waals surface area contributed by atoms with E-state index in [-0.39, 0.29) is 5.91 Å². The predicted molar refractivity (Wildman–Crippen MR) is 103 cm³/mol. The molecule has 144 valence electrons. The molecule has 0 radical (unpaired) electrons. The van der Waals surface area contributed by atoms with Crippen molar-refractivity contribution in [1.29, 1.82) is 0 Å². The molecule has 0 aromatic heterocycles. The van der Waals surface area contributed by atoms with E-state index in [1.807, 2.05) is 42.5 Å². The van der Waals surface area contributed by atoms with Gasteiger partial charge in [-0.05, 0) is 44.0 Å². The van der Waals surface area contributed by atoms with Crippen molar-refractivity contribution in [1.82, 2.24) is 10.6 Å². The Labute approximate surface area is 159 Å². The van der Waals surface area contributed by atoms with E-state index in [4.69, 9.17) is 9.47 Å². The standard InChI is InChI=1S/C21H26N2O4/c1-21(2,3)27-20(25)23-18(16-8-6-5-7-9-16)19(24)22-14-15-10-12-17(26-4)13-11-15/h5-13,18H,14H2,1-4H3,(H,22,24)(H,23,25). The summed E-state index contributed by atoms with van der Waals surface area (Å²) in [6, 6.07) is 15.6. The van der Waals surface area contributed by atoms with Crippen LogP contribution < -0.4 is 15.4 Å². The molecule has 0 heterocycles. The van der Waals surface area contributed by atoms with E-state index in [1.165, 1.54) is 0 Å². The van der Waals surface area contributed by atoms with Gasteiger partial charge in [-0.1, -0.05) is 42.5 Å². The molecule has 0 saturated carbocycles. The van der Waals surface area contributed by atoms with E-state index in [9.17, 15) is 9.59 Å². The number of carbonyl (C=O) groups excluding carboxylic acids is 2. The lowest BCUT2D eigenvalue weighted by atomic mass is 10.1. The minimum absolute atomic E-state index is 0.317. The summed E-state index contributed by atoms with van der Waals surface area (Å²) in [7, 11) is 1.60. The molecule has 0 aliphatic rings. The van der Waals surface area contributed by atoms with Crippen LogP contribution in [0.3, 0.4) is 0 Å². The number of hydrogen-bond donors (Lipinski definition) is 2. The van der Waals surface area contributed by atoms with Crippen molar-refractivity contribution < 1.29 is 19.1 Å². The van der Waals surface area contributed by atoms with E-state index >= 15 is 0 Å². The average molecular weight is 370 g/mol. The number of benzene rings is 2. The molecular weight excluding hydrogens is 344 g/mol. The van der Waals surface area contributed by atoms with Gasteiger partial charge >= 0.3 is 6.09 Å². The van der Waals surface area contributed by atoms with E-state index in [0.29, 0.717) is 12.1 Å². The Kier molecular flexibility index (Phi) is 6.82. The van der Waals surface area contributed by atoms with Crippen LogP contribution in [0, 0.1) is 0 Å². The third kappa shape index (κ3) is 6.66. The second-order valence-electron chi connectivity index (χ2n) is 7.06. The third-order valence-electron chi connectivity index (χ3n) is 3.68. The highest BCUT2D eigenvalue weighted by Gasteiger charge is 2.25. The number of hydrogen-bond acceptors (Lipinski definition) is 4. The highest BCUT2D eigenvalue weighted by Crippen LogP contribution is 2.16. The molecule has 0 aliphatic carbocycles. The normalized spacial score (nSPS) is 12.0. The molecule has 2 amide bonds. The van der Waals surface area contributed by atoms with Crippen LogP contribution in [-0.2, 0) is 16.1 Å². The zero-order valence-corrected chi connectivity index (χ0v) is 16.1. The second-order valence-corrected chi connectivity index (χ2v) is 7.06. The molecule has 1 atom stereocenters. The largest absolute Gasteiger partial charge is 0.497 e. The summed E-state index contributed by atoms with van der Waals surface area (Å²) in [5, 5.41) is 5.50. The van der Waals surface area contributed by atoms with Crippen LogP contribution in [0.25, 0.3) is 0 Å². The maximum absolute atomic E-state index is 12.7. The Morgan fingerprint density at radius 2 is 1.63 bits per heavy atom. The van der Waals surface area contributed by atoms with Gasteiger partial charge < -0.3 is 20.1 Å². The van der Waals surface area contributed by atoms with Crippen LogP contribution in [0.1, 0.15) is 37.9 Å². The molecule has 0 bridgehead atoms. The summed E-state index contributed by atoms with van der Waals surface area (Å²) in [5.74, 6) is 0.432. The molecule has 6 nitrogen and oxygen atoms in total. The Hall–Kier alpha value is -3.02. The van der Waals surface area contributed by atoms with Crippen LogP contribution in [-0.4, -0.2) is 24.7 Å². The van der Waals surface area contributed by atoms with Gasteiger partial charge in [-0.3, -0.25) is 4.79 Å². The van der Waals surface area contributed by atoms with Crippen molar-refractivity contribution in [2.24, 2.45) is 0 Å². The smallest absolute Gasteiger partial charge is 0.408 e. The number of alkyl carbamates (subject to hydrolysis) is 1. The maximum atomic E-state index is 12.7. The van der Waals surface area contributed by atoms with Crippen molar-refractivity contribution >= 4 is 12.0 Å². The first-order valence-corrected chi connectivity index (χ1v) is 8.73. The van der Waals surface area contributed by atoms with E-state index in [0.717, 1.165) is 11.3 Å². The zero-order valence-electron chi connectivity index (χ0n) is 16.1. The third-order valence-corrected chi connectivity index (χ3v) is 3.68. The summed E-state index contributed by atoms with van der Waals surface area (Å²) >= 11 is 0. The summed E-state index contributed by atoms with van der Waals surface area (Å²) in [5.41, 5.74) is 0.953. The van der Waals surface area contributed by atoms with Crippen molar-refractivity contribution in [3.05, 3.63) is 65.7 Å². The summed E-state index contributed by atoms with van der Waals surface area (Å²) in [4.78, 5) is 24.9. The lowest BCUT2D eigenvalue weighted by molar-refractivity contribution is -0.123. The first kappa shape index (κ1) is 20.3. The van der Waals surface area contributed by atoms with Crippen LogP contribution in [0.15, 0.2) is 54.6 Å². The lowest BCUT2D eigenvalue weighted by Gasteiger charge is -2.23. The van der Waals surface area contributed by atoms with E-state index in [2.05, 4.69) is 10.6 Å². The molecule has 2 N–H and O–H groups in total. The molecule has 0 aliphatic heterocycles. The van der Waals surface area contributed by atoms with Crippen molar-refractivity contribution in [3.63, 3.8) is 0 Å². The Morgan fingerprint density at radius 1 is 1.00 bits per heavy atom. The maximum Gasteiger partial charge on any atom is 0.408 e. The van der Waals surface area contributed by atoms with Gasteiger partial charge in [0.1, 0.15) is 17.4 Å². The molecule has 2 aromatic rings. The summed E-state index contributed by atoms with van der Waals surface area (Å²) in [6.45, 7) is 5.65. The molecule has 2 aromatic carbocycles. The number of amides is 2.